The lowest BCUT2D eigenvalue weighted by Crippen LogP contribution is -2.49. The van der Waals surface area contributed by atoms with Crippen molar-refractivity contribution in [2.24, 2.45) is 5.92 Å². The molecule has 1 aromatic heterocycles. The van der Waals surface area contributed by atoms with Gasteiger partial charge in [-0.15, -0.1) is 11.3 Å². The molecule has 188 valence electrons. The van der Waals surface area contributed by atoms with E-state index in [1.165, 1.54) is 4.88 Å². The highest BCUT2D eigenvalue weighted by atomic mass is 32.1. The molecule has 0 saturated heterocycles. The highest BCUT2D eigenvalue weighted by Gasteiger charge is 2.35. The van der Waals surface area contributed by atoms with Crippen LogP contribution in [0.3, 0.4) is 0 Å². The van der Waals surface area contributed by atoms with Crippen molar-refractivity contribution in [3.05, 3.63) is 81.5 Å². The quantitative estimate of drug-likeness (QED) is 0.422. The van der Waals surface area contributed by atoms with Crippen LogP contribution in [0.2, 0.25) is 0 Å². The molecule has 0 unspecified atom stereocenters. The molecule has 1 fully saturated rings. The Hall–Kier alpha value is -3.32. The molecule has 5 rings (SSSR count). The molecular weight excluding hydrogens is 470 g/mol. The zero-order valence-corrected chi connectivity index (χ0v) is 21.7. The number of nitrogens with zero attached hydrogens (tertiary/aromatic N) is 2. The molecular formula is C29H33N3O3S. The largest absolute Gasteiger partial charge is 0.491 e. The van der Waals surface area contributed by atoms with Crippen molar-refractivity contribution in [1.82, 2.24) is 9.80 Å². The average Bonchev–Trinajstić information content (AvgIpc) is 3.56. The number of carbonyl (C=O) groups is 2. The molecule has 0 bridgehead atoms. The van der Waals surface area contributed by atoms with Crippen LogP contribution in [-0.4, -0.2) is 48.0 Å². The van der Waals surface area contributed by atoms with Crippen LogP contribution in [0.4, 0.5) is 10.5 Å². The zero-order valence-electron chi connectivity index (χ0n) is 20.9. The number of para-hydroxylation sites is 1. The molecule has 2 aromatic carbocycles. The minimum atomic E-state index is -0.222. The number of urea groups is 1. The van der Waals surface area contributed by atoms with Gasteiger partial charge in [-0.3, -0.25) is 4.79 Å². The van der Waals surface area contributed by atoms with Gasteiger partial charge in [-0.1, -0.05) is 35.9 Å². The van der Waals surface area contributed by atoms with Crippen LogP contribution in [0, 0.1) is 19.8 Å². The smallest absolute Gasteiger partial charge is 0.322 e. The van der Waals surface area contributed by atoms with E-state index in [1.54, 1.807) is 16.2 Å². The Morgan fingerprint density at radius 2 is 1.86 bits per heavy atom. The van der Waals surface area contributed by atoms with Crippen LogP contribution in [-0.2, 0) is 11.2 Å². The Balaban J connectivity index is 1.31. The normalized spacial score (nSPS) is 16.8. The molecule has 1 atom stereocenters. The van der Waals surface area contributed by atoms with E-state index < -0.39 is 0 Å². The topological polar surface area (TPSA) is 61.9 Å². The van der Waals surface area contributed by atoms with Crippen LogP contribution in [0.1, 0.15) is 40.5 Å². The second-order valence-electron chi connectivity index (χ2n) is 9.85. The number of rotatable bonds is 8. The number of hydrogen-bond acceptors (Lipinski definition) is 4. The van der Waals surface area contributed by atoms with Gasteiger partial charge in [0, 0.05) is 23.7 Å². The number of amides is 3. The van der Waals surface area contributed by atoms with E-state index >= 15 is 0 Å². The molecule has 3 amide bonds. The number of aryl methyl sites for hydroxylation is 2. The Kier molecular flexibility index (Phi) is 7.28. The lowest BCUT2D eigenvalue weighted by molar-refractivity contribution is -0.135. The van der Waals surface area contributed by atoms with Crippen molar-refractivity contribution in [3.63, 3.8) is 0 Å². The van der Waals surface area contributed by atoms with E-state index in [4.69, 9.17) is 4.74 Å². The minimum absolute atomic E-state index is 0.0371. The monoisotopic (exact) mass is 503 g/mol. The van der Waals surface area contributed by atoms with Gasteiger partial charge in [0.15, 0.2) is 0 Å². The Morgan fingerprint density at radius 1 is 1.08 bits per heavy atom. The van der Waals surface area contributed by atoms with Crippen molar-refractivity contribution >= 4 is 29.0 Å². The number of nitrogens with one attached hydrogen (secondary N) is 1. The second-order valence-corrected chi connectivity index (χ2v) is 10.8. The minimum Gasteiger partial charge on any atom is -0.491 e. The maximum absolute atomic E-state index is 13.7. The number of benzene rings is 2. The lowest BCUT2D eigenvalue weighted by Gasteiger charge is -2.37. The van der Waals surface area contributed by atoms with Crippen molar-refractivity contribution in [3.8, 4) is 5.75 Å². The third kappa shape index (κ3) is 5.73. The third-order valence-corrected chi connectivity index (χ3v) is 7.99. The Labute approximate surface area is 216 Å². The van der Waals surface area contributed by atoms with Crippen LogP contribution < -0.4 is 10.1 Å². The Morgan fingerprint density at radius 3 is 2.61 bits per heavy atom. The molecule has 0 radical (unpaired) electrons. The van der Waals surface area contributed by atoms with Gasteiger partial charge in [-0.2, -0.15) is 0 Å². The summed E-state index contributed by atoms with van der Waals surface area (Å²) in [5.74, 6) is 1.27. The molecule has 36 heavy (non-hydrogen) atoms. The number of fused-ring (bicyclic) bond motifs is 1. The lowest BCUT2D eigenvalue weighted by atomic mass is 10.0. The first-order valence-electron chi connectivity index (χ1n) is 12.6. The third-order valence-electron chi connectivity index (χ3n) is 7.00. The summed E-state index contributed by atoms with van der Waals surface area (Å²) in [5.41, 5.74) is 4.10. The molecule has 2 heterocycles. The van der Waals surface area contributed by atoms with Crippen LogP contribution >= 0.6 is 11.3 Å². The summed E-state index contributed by atoms with van der Waals surface area (Å²) < 4.78 is 6.22. The number of thiophene rings is 1. The van der Waals surface area contributed by atoms with Crippen molar-refractivity contribution in [1.29, 1.82) is 0 Å². The summed E-state index contributed by atoms with van der Waals surface area (Å²) in [5, 5.41) is 5.07. The number of carbonyl (C=O) groups excluding carboxylic acids is 2. The van der Waals surface area contributed by atoms with Crippen molar-refractivity contribution in [2.45, 2.75) is 39.2 Å². The van der Waals surface area contributed by atoms with Gasteiger partial charge in [-0.25, -0.2) is 4.79 Å². The highest BCUT2D eigenvalue weighted by Crippen LogP contribution is 2.35. The van der Waals surface area contributed by atoms with Crippen LogP contribution in [0.5, 0.6) is 5.75 Å². The molecule has 6 nitrogen and oxygen atoms in total. The first-order chi connectivity index (χ1) is 17.5. The maximum Gasteiger partial charge on any atom is 0.322 e. The van der Waals surface area contributed by atoms with Crippen molar-refractivity contribution in [2.75, 3.05) is 31.6 Å². The zero-order chi connectivity index (χ0) is 25.1. The fourth-order valence-electron chi connectivity index (χ4n) is 4.69. The first-order valence-corrected chi connectivity index (χ1v) is 13.5. The Bertz CT molecular complexity index is 1220. The predicted octanol–water partition coefficient (Wildman–Crippen LogP) is 5.81. The van der Waals surface area contributed by atoms with Gasteiger partial charge in [0.05, 0.1) is 6.04 Å². The molecule has 1 aliphatic heterocycles. The summed E-state index contributed by atoms with van der Waals surface area (Å²) in [6.07, 6.45) is 3.05. The van der Waals surface area contributed by atoms with Gasteiger partial charge < -0.3 is 19.9 Å². The van der Waals surface area contributed by atoms with E-state index in [0.717, 1.165) is 47.4 Å². The van der Waals surface area contributed by atoms with E-state index in [2.05, 4.69) is 16.8 Å². The van der Waals surface area contributed by atoms with E-state index in [9.17, 15) is 9.59 Å². The summed E-state index contributed by atoms with van der Waals surface area (Å²) in [7, 11) is 0. The van der Waals surface area contributed by atoms with Gasteiger partial charge in [0.1, 0.15) is 18.9 Å². The van der Waals surface area contributed by atoms with Gasteiger partial charge in [0.25, 0.3) is 0 Å². The second kappa shape index (κ2) is 10.7. The average molecular weight is 504 g/mol. The molecule has 2 aliphatic rings. The first kappa shape index (κ1) is 24.4. The molecule has 7 heteroatoms. The molecule has 1 N–H and O–H groups in total. The molecule has 3 aromatic rings. The molecule has 1 aliphatic carbocycles. The predicted molar refractivity (Wildman–Crippen MR) is 144 cm³/mol. The van der Waals surface area contributed by atoms with E-state index in [0.29, 0.717) is 25.6 Å². The molecule has 1 saturated carbocycles. The number of ether oxygens (including phenoxy) is 1. The van der Waals surface area contributed by atoms with Gasteiger partial charge >= 0.3 is 6.03 Å². The fourth-order valence-corrected chi connectivity index (χ4v) is 5.61. The fraction of sp³-hybridized carbons (Fsp3) is 0.379. The maximum atomic E-state index is 13.7. The standard InChI is InChI=1S/C29H33N3O3S/c1-20-7-11-23(12-8-20)30-29(34)31(17-22-9-10-22)18-28(33)32-15-13-27-24(14-16-36-27)25(32)19-35-26-6-4-3-5-21(26)2/h3-8,11-12,14,16,22,25H,9-10,13,15,17-19H2,1-2H3,(H,30,34)/t25-/m1/s1. The van der Waals surface area contributed by atoms with Gasteiger partial charge in [0.2, 0.25) is 5.91 Å². The summed E-state index contributed by atoms with van der Waals surface area (Å²) in [6.45, 7) is 5.72. The summed E-state index contributed by atoms with van der Waals surface area (Å²) in [6, 6.07) is 17.4. The number of hydrogen-bond donors (Lipinski definition) is 1. The molecule has 0 spiro atoms. The summed E-state index contributed by atoms with van der Waals surface area (Å²) in [4.78, 5) is 31.8. The van der Waals surface area contributed by atoms with Crippen molar-refractivity contribution < 1.29 is 14.3 Å². The van der Waals surface area contributed by atoms with E-state index in [-0.39, 0.29) is 24.5 Å². The van der Waals surface area contributed by atoms with Crippen LogP contribution in [0.15, 0.2) is 60.0 Å². The van der Waals surface area contributed by atoms with Gasteiger partial charge in [-0.05, 0) is 79.8 Å². The van der Waals surface area contributed by atoms with Crippen LogP contribution in [0.25, 0.3) is 0 Å². The summed E-state index contributed by atoms with van der Waals surface area (Å²) >= 11 is 1.74. The number of anilines is 1. The SMILES string of the molecule is Cc1ccc(NC(=O)N(CC(=O)N2CCc3sccc3[C@H]2COc2ccccc2C)CC2CC2)cc1. The van der Waals surface area contributed by atoms with E-state index in [1.807, 2.05) is 67.3 Å². The highest BCUT2D eigenvalue weighted by molar-refractivity contribution is 7.10.